The summed E-state index contributed by atoms with van der Waals surface area (Å²) in [5, 5.41) is 2.30. The Labute approximate surface area is 153 Å². The Morgan fingerprint density at radius 3 is 2.41 bits per heavy atom. The van der Waals surface area contributed by atoms with E-state index in [4.69, 9.17) is 9.47 Å². The summed E-state index contributed by atoms with van der Waals surface area (Å²) in [6.07, 6.45) is 1.15. The van der Waals surface area contributed by atoms with Gasteiger partial charge in [0.15, 0.2) is 29.3 Å². The highest BCUT2D eigenvalue weighted by Crippen LogP contribution is 2.18. The molecule has 0 aromatic heterocycles. The Hall–Kier alpha value is -3.29. The average Bonchev–Trinajstić information content (AvgIpc) is 2.63. The van der Waals surface area contributed by atoms with Crippen LogP contribution in [0.25, 0.3) is 6.08 Å². The van der Waals surface area contributed by atoms with Gasteiger partial charge in [-0.05, 0) is 42.8 Å². The molecule has 1 N–H and O–H groups in total. The molecular formula is C19H16F3NO4. The maximum atomic E-state index is 13.6. The van der Waals surface area contributed by atoms with Crippen LogP contribution in [-0.2, 0) is 14.3 Å². The predicted octanol–water partition coefficient (Wildman–Crippen LogP) is 3.70. The van der Waals surface area contributed by atoms with Gasteiger partial charge in [0.1, 0.15) is 0 Å². The minimum atomic E-state index is -1.19. The van der Waals surface area contributed by atoms with E-state index in [0.717, 1.165) is 18.2 Å². The van der Waals surface area contributed by atoms with E-state index in [9.17, 15) is 22.8 Å². The first kappa shape index (κ1) is 20.0. The molecule has 0 aliphatic heterocycles. The Balaban J connectivity index is 1.92. The molecule has 8 heteroatoms. The molecule has 0 unspecified atom stereocenters. The fraction of sp³-hybridized carbons (Fsp3) is 0.158. The molecule has 142 valence electrons. The smallest absolute Gasteiger partial charge is 0.331 e. The molecule has 27 heavy (non-hydrogen) atoms. The third-order valence-electron chi connectivity index (χ3n) is 3.44. The van der Waals surface area contributed by atoms with E-state index in [1.807, 2.05) is 0 Å². The number of ether oxygens (including phenoxy) is 2. The van der Waals surface area contributed by atoms with Crippen LogP contribution in [0.5, 0.6) is 5.75 Å². The molecule has 0 aliphatic carbocycles. The van der Waals surface area contributed by atoms with Gasteiger partial charge < -0.3 is 14.8 Å². The molecule has 2 rings (SSSR count). The molecule has 2 aromatic rings. The number of esters is 1. The summed E-state index contributed by atoms with van der Waals surface area (Å²) in [4.78, 5) is 23.7. The van der Waals surface area contributed by atoms with E-state index in [1.54, 1.807) is 0 Å². The van der Waals surface area contributed by atoms with Gasteiger partial charge in [0.25, 0.3) is 5.91 Å². The summed E-state index contributed by atoms with van der Waals surface area (Å²) in [6.45, 7) is 1.31. The van der Waals surface area contributed by atoms with Gasteiger partial charge in [-0.1, -0.05) is 6.07 Å². The second kappa shape index (κ2) is 8.88. The SMILES string of the molecule is COc1ccc(/C=C/C(=O)O[C@H](C)C(=O)Nc2ccc(F)c(F)c2)cc1F. The maximum Gasteiger partial charge on any atom is 0.331 e. The quantitative estimate of drug-likeness (QED) is 0.614. The number of methoxy groups -OCH3 is 1. The molecule has 1 amide bonds. The third kappa shape index (κ3) is 5.60. The molecule has 0 heterocycles. The number of benzene rings is 2. The first-order valence-electron chi connectivity index (χ1n) is 7.78. The second-order valence-corrected chi connectivity index (χ2v) is 5.42. The van der Waals surface area contributed by atoms with Crippen molar-refractivity contribution in [2.45, 2.75) is 13.0 Å². The van der Waals surface area contributed by atoms with Crippen molar-refractivity contribution < 1.29 is 32.2 Å². The van der Waals surface area contributed by atoms with Crippen LogP contribution in [0.4, 0.5) is 18.9 Å². The lowest BCUT2D eigenvalue weighted by Gasteiger charge is -2.12. The molecule has 0 radical (unpaired) electrons. The van der Waals surface area contributed by atoms with E-state index >= 15 is 0 Å². The van der Waals surface area contributed by atoms with Crippen LogP contribution in [0.2, 0.25) is 0 Å². The van der Waals surface area contributed by atoms with Crippen LogP contribution in [0.15, 0.2) is 42.5 Å². The van der Waals surface area contributed by atoms with E-state index in [2.05, 4.69) is 5.32 Å². The highest BCUT2D eigenvalue weighted by Gasteiger charge is 2.17. The first-order chi connectivity index (χ1) is 12.8. The standard InChI is InChI=1S/C19H16F3NO4/c1-11(19(25)23-13-5-6-14(20)15(21)10-13)27-18(24)8-4-12-3-7-17(26-2)16(22)9-12/h3-11H,1-2H3,(H,23,25)/b8-4+/t11-/m1/s1. The number of halogens is 3. The summed E-state index contributed by atoms with van der Waals surface area (Å²) >= 11 is 0. The number of amides is 1. The van der Waals surface area contributed by atoms with Crippen molar-refractivity contribution in [3.05, 3.63) is 65.5 Å². The number of nitrogens with one attached hydrogen (secondary N) is 1. The van der Waals surface area contributed by atoms with E-state index in [1.165, 1.54) is 44.4 Å². The largest absolute Gasteiger partial charge is 0.494 e. The van der Waals surface area contributed by atoms with Gasteiger partial charge in [-0.25, -0.2) is 18.0 Å². The van der Waals surface area contributed by atoms with Gasteiger partial charge in [-0.15, -0.1) is 0 Å². The number of hydrogen-bond acceptors (Lipinski definition) is 4. The fourth-order valence-electron chi connectivity index (χ4n) is 2.04. The van der Waals surface area contributed by atoms with Crippen molar-refractivity contribution in [2.75, 3.05) is 12.4 Å². The minimum absolute atomic E-state index is 0.0195. The molecule has 0 saturated carbocycles. The van der Waals surface area contributed by atoms with E-state index in [-0.39, 0.29) is 11.4 Å². The molecule has 0 bridgehead atoms. The molecule has 0 saturated heterocycles. The normalized spacial score (nSPS) is 11.9. The van der Waals surface area contributed by atoms with Crippen LogP contribution < -0.4 is 10.1 Å². The van der Waals surface area contributed by atoms with Gasteiger partial charge in [-0.3, -0.25) is 4.79 Å². The number of anilines is 1. The summed E-state index contributed by atoms with van der Waals surface area (Å²) in [5.41, 5.74) is 0.412. The van der Waals surface area contributed by atoms with Gasteiger partial charge in [0.2, 0.25) is 0 Å². The van der Waals surface area contributed by atoms with Gasteiger partial charge >= 0.3 is 5.97 Å². The third-order valence-corrected chi connectivity index (χ3v) is 3.44. The molecule has 1 atom stereocenters. The summed E-state index contributed by atoms with van der Waals surface area (Å²) in [6, 6.07) is 6.94. The van der Waals surface area contributed by atoms with E-state index in [0.29, 0.717) is 5.56 Å². The number of hydrogen-bond donors (Lipinski definition) is 1. The molecule has 2 aromatic carbocycles. The van der Waals surface area contributed by atoms with Crippen LogP contribution in [-0.4, -0.2) is 25.1 Å². The Bertz CT molecular complexity index is 883. The van der Waals surface area contributed by atoms with Crippen molar-refractivity contribution in [3.8, 4) is 5.75 Å². The highest BCUT2D eigenvalue weighted by atomic mass is 19.2. The summed E-state index contributed by atoms with van der Waals surface area (Å²) in [7, 11) is 1.33. The average molecular weight is 379 g/mol. The minimum Gasteiger partial charge on any atom is -0.494 e. The zero-order valence-electron chi connectivity index (χ0n) is 14.5. The number of rotatable bonds is 6. The second-order valence-electron chi connectivity index (χ2n) is 5.42. The van der Waals surface area contributed by atoms with Gasteiger partial charge in [-0.2, -0.15) is 0 Å². The highest BCUT2D eigenvalue weighted by molar-refractivity contribution is 5.96. The zero-order valence-corrected chi connectivity index (χ0v) is 14.5. The Morgan fingerprint density at radius 2 is 1.78 bits per heavy atom. The molecule has 0 aliphatic rings. The summed E-state index contributed by atoms with van der Waals surface area (Å²) in [5.74, 6) is -4.25. The van der Waals surface area contributed by atoms with Gasteiger partial charge in [0, 0.05) is 17.8 Å². The topological polar surface area (TPSA) is 64.6 Å². The molecule has 0 spiro atoms. The van der Waals surface area contributed by atoms with E-state index < -0.39 is 35.4 Å². The van der Waals surface area contributed by atoms with Gasteiger partial charge in [0.05, 0.1) is 7.11 Å². The lowest BCUT2D eigenvalue weighted by Crippen LogP contribution is -2.29. The van der Waals surface area contributed by atoms with Crippen LogP contribution in [0.1, 0.15) is 12.5 Å². The molecule has 5 nitrogen and oxygen atoms in total. The lowest BCUT2D eigenvalue weighted by atomic mass is 10.2. The Kier molecular flexibility index (Phi) is 6.59. The summed E-state index contributed by atoms with van der Waals surface area (Å²) < 4.78 is 49.3. The Morgan fingerprint density at radius 1 is 1.04 bits per heavy atom. The van der Waals surface area contributed by atoms with Crippen molar-refractivity contribution in [1.82, 2.24) is 0 Å². The van der Waals surface area contributed by atoms with Crippen LogP contribution in [0, 0.1) is 17.5 Å². The van der Waals surface area contributed by atoms with Crippen molar-refractivity contribution >= 4 is 23.6 Å². The fourth-order valence-corrected chi connectivity index (χ4v) is 2.04. The van der Waals surface area contributed by atoms with Crippen LogP contribution in [0.3, 0.4) is 0 Å². The molecule has 0 fully saturated rings. The maximum absolute atomic E-state index is 13.6. The van der Waals surface area contributed by atoms with Crippen molar-refractivity contribution in [1.29, 1.82) is 0 Å². The monoisotopic (exact) mass is 379 g/mol. The van der Waals surface area contributed by atoms with Crippen molar-refractivity contribution in [2.24, 2.45) is 0 Å². The molecular weight excluding hydrogens is 363 g/mol. The lowest BCUT2D eigenvalue weighted by molar-refractivity contribution is -0.148. The van der Waals surface area contributed by atoms with Crippen LogP contribution >= 0.6 is 0 Å². The first-order valence-corrected chi connectivity index (χ1v) is 7.78. The zero-order chi connectivity index (χ0) is 20.0. The number of carbonyl (C=O) groups excluding carboxylic acids is 2. The number of carbonyl (C=O) groups is 2. The van der Waals surface area contributed by atoms with Crippen molar-refractivity contribution in [3.63, 3.8) is 0 Å². The predicted molar refractivity (Wildman–Crippen MR) is 92.5 cm³/mol.